The number of halogens is 3. The fourth-order valence-electron chi connectivity index (χ4n) is 2.18. The van der Waals surface area contributed by atoms with Crippen LogP contribution in [0.3, 0.4) is 0 Å². The zero-order valence-corrected chi connectivity index (χ0v) is 13.8. The molecule has 3 nitrogen and oxygen atoms in total. The Hall–Kier alpha value is -0.290. The van der Waals surface area contributed by atoms with Crippen molar-refractivity contribution in [3.63, 3.8) is 0 Å². The van der Waals surface area contributed by atoms with Gasteiger partial charge in [-0.05, 0) is 52.5 Å². The number of hydrogen-bond donors (Lipinski definition) is 1. The highest BCUT2D eigenvalue weighted by molar-refractivity contribution is 9.10. The average Bonchev–Trinajstić information content (AvgIpc) is 2.75. The van der Waals surface area contributed by atoms with Gasteiger partial charge < -0.3 is 10.6 Å². The lowest BCUT2D eigenvalue weighted by Gasteiger charge is -2.22. The van der Waals surface area contributed by atoms with Crippen LogP contribution in [0.5, 0.6) is 0 Å². The number of nitrogens with two attached hydrogens (primary N) is 1. The molecule has 19 heavy (non-hydrogen) atoms. The van der Waals surface area contributed by atoms with Crippen molar-refractivity contribution in [3.8, 4) is 0 Å². The van der Waals surface area contributed by atoms with Gasteiger partial charge in [0.1, 0.15) is 0 Å². The van der Waals surface area contributed by atoms with Gasteiger partial charge in [0.2, 0.25) is 0 Å². The highest BCUT2D eigenvalue weighted by Crippen LogP contribution is 2.30. The summed E-state index contributed by atoms with van der Waals surface area (Å²) in [6.45, 7) is 4.23. The van der Waals surface area contributed by atoms with Gasteiger partial charge in [-0.2, -0.15) is 0 Å². The zero-order valence-electron chi connectivity index (χ0n) is 10.7. The van der Waals surface area contributed by atoms with Gasteiger partial charge in [0.15, 0.2) is 0 Å². The van der Waals surface area contributed by atoms with E-state index < -0.39 is 0 Å². The molecular formula is C13H17BrCl2N2O. The van der Waals surface area contributed by atoms with E-state index in [4.69, 9.17) is 17.3 Å². The number of amides is 1. The molecule has 6 heteroatoms. The van der Waals surface area contributed by atoms with Crippen molar-refractivity contribution in [3.05, 3.63) is 33.3 Å². The standard InChI is InChI=1S/C13H16BrClN2O.ClH/c1-13(7-16)4-5-17(8-13)12(18)9-2-3-11(15)10(14)6-9;/h2-3,6H,4-5,7-8,16H2,1H3;1H. The summed E-state index contributed by atoms with van der Waals surface area (Å²) in [5.74, 6) is 0.0459. The van der Waals surface area contributed by atoms with Crippen LogP contribution >= 0.6 is 39.9 Å². The number of carbonyl (C=O) groups excluding carboxylic acids is 1. The first-order valence-corrected chi connectivity index (χ1v) is 7.07. The summed E-state index contributed by atoms with van der Waals surface area (Å²) in [6.07, 6.45) is 0.962. The van der Waals surface area contributed by atoms with Crippen LogP contribution in [-0.4, -0.2) is 30.4 Å². The van der Waals surface area contributed by atoms with Gasteiger partial charge in [0.25, 0.3) is 5.91 Å². The van der Waals surface area contributed by atoms with Crippen molar-refractivity contribution in [1.29, 1.82) is 0 Å². The third kappa shape index (κ3) is 3.63. The van der Waals surface area contributed by atoms with Crippen molar-refractivity contribution in [2.45, 2.75) is 13.3 Å². The molecule has 0 saturated carbocycles. The molecule has 1 unspecified atom stereocenters. The molecule has 1 fully saturated rings. The molecule has 1 heterocycles. The summed E-state index contributed by atoms with van der Waals surface area (Å²) in [5.41, 5.74) is 6.46. The number of rotatable bonds is 2. The maximum absolute atomic E-state index is 12.3. The van der Waals surface area contributed by atoms with Crippen molar-refractivity contribution >= 4 is 45.8 Å². The van der Waals surface area contributed by atoms with Crippen molar-refractivity contribution in [1.82, 2.24) is 4.90 Å². The van der Waals surface area contributed by atoms with E-state index >= 15 is 0 Å². The number of hydrogen-bond acceptors (Lipinski definition) is 2. The first-order valence-electron chi connectivity index (χ1n) is 5.90. The van der Waals surface area contributed by atoms with E-state index in [1.165, 1.54) is 0 Å². The van der Waals surface area contributed by atoms with E-state index in [9.17, 15) is 4.79 Å². The van der Waals surface area contributed by atoms with Crippen LogP contribution in [0.1, 0.15) is 23.7 Å². The first kappa shape index (κ1) is 16.8. The molecule has 1 atom stereocenters. The monoisotopic (exact) mass is 366 g/mol. The van der Waals surface area contributed by atoms with Gasteiger partial charge in [-0.3, -0.25) is 4.79 Å². The van der Waals surface area contributed by atoms with Crippen LogP contribution in [0.2, 0.25) is 5.02 Å². The molecule has 0 radical (unpaired) electrons. The Morgan fingerprint density at radius 1 is 1.58 bits per heavy atom. The van der Waals surface area contributed by atoms with Gasteiger partial charge >= 0.3 is 0 Å². The van der Waals surface area contributed by atoms with Crippen LogP contribution in [0.25, 0.3) is 0 Å². The molecule has 106 valence electrons. The molecule has 0 aromatic heterocycles. The second kappa shape index (κ2) is 6.44. The SMILES string of the molecule is CC1(CN)CCN(C(=O)c2ccc(Cl)c(Br)c2)C1.Cl. The Bertz CT molecular complexity index is 484. The van der Waals surface area contributed by atoms with Gasteiger partial charge in [-0.25, -0.2) is 0 Å². The molecule has 2 N–H and O–H groups in total. The maximum atomic E-state index is 12.3. The Labute approximate surface area is 133 Å². The highest BCUT2D eigenvalue weighted by atomic mass is 79.9. The fourth-order valence-corrected chi connectivity index (χ4v) is 2.67. The number of benzene rings is 1. The Morgan fingerprint density at radius 2 is 2.26 bits per heavy atom. The van der Waals surface area contributed by atoms with E-state index in [1.807, 2.05) is 4.90 Å². The van der Waals surface area contributed by atoms with E-state index in [0.29, 0.717) is 17.1 Å². The second-order valence-corrected chi connectivity index (χ2v) is 6.38. The lowest BCUT2D eigenvalue weighted by Crippen LogP contribution is -2.34. The molecule has 0 bridgehead atoms. The summed E-state index contributed by atoms with van der Waals surface area (Å²) < 4.78 is 0.746. The highest BCUT2D eigenvalue weighted by Gasteiger charge is 2.35. The molecular weight excluding hydrogens is 351 g/mol. The van der Waals surface area contributed by atoms with Gasteiger partial charge in [-0.15, -0.1) is 12.4 Å². The van der Waals surface area contributed by atoms with Crippen molar-refractivity contribution in [2.24, 2.45) is 11.1 Å². The average molecular weight is 368 g/mol. The summed E-state index contributed by atoms with van der Waals surface area (Å²) in [7, 11) is 0. The summed E-state index contributed by atoms with van der Waals surface area (Å²) in [4.78, 5) is 14.2. The molecule has 1 aliphatic heterocycles. The molecule has 1 aromatic rings. The molecule has 1 aromatic carbocycles. The first-order chi connectivity index (χ1) is 8.45. The van der Waals surface area contributed by atoms with Crippen LogP contribution < -0.4 is 5.73 Å². The minimum Gasteiger partial charge on any atom is -0.338 e. The molecule has 2 rings (SSSR count). The normalized spacial score (nSPS) is 22.2. The van der Waals surface area contributed by atoms with Crippen molar-refractivity contribution < 1.29 is 4.79 Å². The smallest absolute Gasteiger partial charge is 0.253 e. The van der Waals surface area contributed by atoms with Crippen LogP contribution in [0.15, 0.2) is 22.7 Å². The van der Waals surface area contributed by atoms with Crippen molar-refractivity contribution in [2.75, 3.05) is 19.6 Å². The van der Waals surface area contributed by atoms with Gasteiger partial charge in [0.05, 0.1) is 5.02 Å². The van der Waals surface area contributed by atoms with E-state index in [1.54, 1.807) is 18.2 Å². The number of likely N-dealkylation sites (tertiary alicyclic amines) is 1. The van der Waals surface area contributed by atoms with Crippen LogP contribution in [0, 0.1) is 5.41 Å². The zero-order chi connectivity index (χ0) is 13.3. The predicted molar refractivity (Wildman–Crippen MR) is 84.1 cm³/mol. The molecule has 1 aliphatic rings. The predicted octanol–water partition coefficient (Wildman–Crippen LogP) is 3.34. The van der Waals surface area contributed by atoms with Crippen LogP contribution in [-0.2, 0) is 0 Å². The van der Waals surface area contributed by atoms with Crippen LogP contribution in [0.4, 0.5) is 0 Å². The molecule has 1 saturated heterocycles. The largest absolute Gasteiger partial charge is 0.338 e. The van der Waals surface area contributed by atoms with E-state index in [-0.39, 0.29) is 23.7 Å². The van der Waals surface area contributed by atoms with E-state index in [2.05, 4.69) is 22.9 Å². The topological polar surface area (TPSA) is 46.3 Å². The Balaban J connectivity index is 0.00000180. The fraction of sp³-hybridized carbons (Fsp3) is 0.462. The Kier molecular flexibility index (Phi) is 5.68. The maximum Gasteiger partial charge on any atom is 0.253 e. The Morgan fingerprint density at radius 3 is 2.79 bits per heavy atom. The minimum absolute atomic E-state index is 0. The third-order valence-corrected chi connectivity index (χ3v) is 4.72. The molecule has 1 amide bonds. The second-order valence-electron chi connectivity index (χ2n) is 5.12. The lowest BCUT2D eigenvalue weighted by molar-refractivity contribution is 0.0777. The molecule has 0 aliphatic carbocycles. The summed E-state index contributed by atoms with van der Waals surface area (Å²) >= 11 is 9.26. The van der Waals surface area contributed by atoms with Gasteiger partial charge in [0, 0.05) is 23.1 Å². The quantitative estimate of drug-likeness (QED) is 0.871. The van der Waals surface area contributed by atoms with Gasteiger partial charge in [-0.1, -0.05) is 18.5 Å². The number of carbonyl (C=O) groups is 1. The van der Waals surface area contributed by atoms with E-state index in [0.717, 1.165) is 24.0 Å². The summed E-state index contributed by atoms with van der Waals surface area (Å²) in [5, 5.41) is 0.611. The third-order valence-electron chi connectivity index (χ3n) is 3.50. The lowest BCUT2D eigenvalue weighted by atomic mass is 9.90. The number of nitrogens with zero attached hydrogens (tertiary/aromatic N) is 1. The minimum atomic E-state index is 0. The molecule has 0 spiro atoms. The summed E-state index contributed by atoms with van der Waals surface area (Å²) in [6, 6.07) is 5.26.